The molecule has 98 valence electrons. The number of ether oxygens (including phenoxy) is 2. The fourth-order valence-electron chi connectivity index (χ4n) is 1.80. The molecule has 2 aromatic rings. The predicted octanol–water partition coefficient (Wildman–Crippen LogP) is 3.68. The van der Waals surface area contributed by atoms with Crippen molar-refractivity contribution in [2.45, 2.75) is 13.3 Å². The second-order valence-electron chi connectivity index (χ2n) is 4.06. The molecule has 3 nitrogen and oxygen atoms in total. The zero-order chi connectivity index (χ0) is 13.7. The first-order valence-electron chi connectivity index (χ1n) is 6.18. The molecule has 19 heavy (non-hydrogen) atoms. The minimum Gasteiger partial charge on any atom is -0.496 e. The molecule has 0 saturated carbocycles. The van der Waals surface area contributed by atoms with Crippen molar-refractivity contribution in [3.63, 3.8) is 0 Å². The van der Waals surface area contributed by atoms with Gasteiger partial charge in [-0.15, -0.1) is 0 Å². The van der Waals surface area contributed by atoms with Crippen molar-refractivity contribution in [1.82, 2.24) is 0 Å². The fourth-order valence-corrected chi connectivity index (χ4v) is 1.80. The SMILES string of the molecule is CCC(=O)Oc1ccc(OC)c(-c2ccccc2)c1. The van der Waals surface area contributed by atoms with Crippen molar-refractivity contribution in [3.05, 3.63) is 48.5 Å². The molecular formula is C16H16O3. The first-order chi connectivity index (χ1) is 9.24. The Bertz CT molecular complexity index is 561. The molecule has 0 aliphatic rings. The molecule has 0 fully saturated rings. The van der Waals surface area contributed by atoms with Crippen LogP contribution < -0.4 is 9.47 Å². The van der Waals surface area contributed by atoms with Gasteiger partial charge >= 0.3 is 5.97 Å². The number of carbonyl (C=O) groups excluding carboxylic acids is 1. The maximum Gasteiger partial charge on any atom is 0.310 e. The summed E-state index contributed by atoms with van der Waals surface area (Å²) in [6.07, 6.45) is 0.354. The van der Waals surface area contributed by atoms with E-state index in [0.29, 0.717) is 12.2 Å². The van der Waals surface area contributed by atoms with Gasteiger partial charge in [0.05, 0.1) is 7.11 Å². The van der Waals surface area contributed by atoms with Crippen LogP contribution in [-0.2, 0) is 4.79 Å². The molecule has 0 radical (unpaired) electrons. The predicted molar refractivity (Wildman–Crippen MR) is 74.4 cm³/mol. The number of esters is 1. The van der Waals surface area contributed by atoms with Crippen LogP contribution in [-0.4, -0.2) is 13.1 Å². The Hall–Kier alpha value is -2.29. The third-order valence-corrected chi connectivity index (χ3v) is 2.78. The van der Waals surface area contributed by atoms with E-state index < -0.39 is 0 Å². The Morgan fingerprint density at radius 1 is 1.11 bits per heavy atom. The molecular weight excluding hydrogens is 240 g/mol. The molecule has 0 unspecified atom stereocenters. The van der Waals surface area contributed by atoms with Crippen LogP contribution in [0.25, 0.3) is 11.1 Å². The van der Waals surface area contributed by atoms with Crippen molar-refractivity contribution in [2.75, 3.05) is 7.11 Å². The van der Waals surface area contributed by atoms with Crippen LogP contribution in [0.1, 0.15) is 13.3 Å². The molecule has 2 rings (SSSR count). The van der Waals surface area contributed by atoms with E-state index in [1.165, 1.54) is 0 Å². The van der Waals surface area contributed by atoms with E-state index in [9.17, 15) is 4.79 Å². The maximum atomic E-state index is 11.3. The molecule has 2 aromatic carbocycles. The zero-order valence-electron chi connectivity index (χ0n) is 11.1. The Morgan fingerprint density at radius 2 is 1.84 bits per heavy atom. The third-order valence-electron chi connectivity index (χ3n) is 2.78. The van der Waals surface area contributed by atoms with Gasteiger partial charge in [0.2, 0.25) is 0 Å². The summed E-state index contributed by atoms with van der Waals surface area (Å²) in [6, 6.07) is 15.2. The molecule has 3 heteroatoms. The summed E-state index contributed by atoms with van der Waals surface area (Å²) in [5.41, 5.74) is 1.93. The average molecular weight is 256 g/mol. The lowest BCUT2D eigenvalue weighted by atomic mass is 10.0. The van der Waals surface area contributed by atoms with Gasteiger partial charge in [-0.3, -0.25) is 4.79 Å². The molecule has 0 bridgehead atoms. The van der Waals surface area contributed by atoms with Gasteiger partial charge in [-0.25, -0.2) is 0 Å². The van der Waals surface area contributed by atoms with Crippen molar-refractivity contribution >= 4 is 5.97 Å². The van der Waals surface area contributed by atoms with E-state index in [1.807, 2.05) is 36.4 Å². The summed E-state index contributed by atoms with van der Waals surface area (Å²) in [5, 5.41) is 0. The van der Waals surface area contributed by atoms with Crippen molar-refractivity contribution < 1.29 is 14.3 Å². The molecule has 0 atom stereocenters. The lowest BCUT2D eigenvalue weighted by molar-refractivity contribution is -0.134. The molecule has 0 spiro atoms. The van der Waals surface area contributed by atoms with Crippen LogP contribution >= 0.6 is 0 Å². The highest BCUT2D eigenvalue weighted by Crippen LogP contribution is 2.33. The minimum absolute atomic E-state index is 0.246. The molecule has 0 heterocycles. The first kappa shape index (κ1) is 13.1. The summed E-state index contributed by atoms with van der Waals surface area (Å²) < 4.78 is 10.6. The largest absolute Gasteiger partial charge is 0.496 e. The van der Waals surface area contributed by atoms with Gasteiger partial charge in [0.1, 0.15) is 11.5 Å². The molecule has 0 aliphatic carbocycles. The lowest BCUT2D eigenvalue weighted by Crippen LogP contribution is -2.05. The van der Waals surface area contributed by atoms with E-state index >= 15 is 0 Å². The topological polar surface area (TPSA) is 35.5 Å². The summed E-state index contributed by atoms with van der Waals surface area (Å²) in [7, 11) is 1.62. The molecule has 0 aliphatic heterocycles. The Labute approximate surface area is 112 Å². The zero-order valence-corrected chi connectivity index (χ0v) is 11.1. The second-order valence-corrected chi connectivity index (χ2v) is 4.06. The van der Waals surface area contributed by atoms with E-state index in [4.69, 9.17) is 9.47 Å². The summed E-state index contributed by atoms with van der Waals surface area (Å²) in [6.45, 7) is 1.77. The Kier molecular flexibility index (Phi) is 4.18. The van der Waals surface area contributed by atoms with E-state index in [-0.39, 0.29) is 5.97 Å². The van der Waals surface area contributed by atoms with E-state index in [0.717, 1.165) is 16.9 Å². The second kappa shape index (κ2) is 6.05. The average Bonchev–Trinajstić information content (AvgIpc) is 2.48. The number of rotatable bonds is 4. The van der Waals surface area contributed by atoms with Gasteiger partial charge in [0.15, 0.2) is 0 Å². The highest BCUT2D eigenvalue weighted by molar-refractivity contribution is 5.75. The highest BCUT2D eigenvalue weighted by atomic mass is 16.5. The number of benzene rings is 2. The summed E-state index contributed by atoms with van der Waals surface area (Å²) in [4.78, 5) is 11.3. The maximum absolute atomic E-state index is 11.3. The monoisotopic (exact) mass is 256 g/mol. The smallest absolute Gasteiger partial charge is 0.310 e. The minimum atomic E-state index is -0.246. The number of hydrogen-bond donors (Lipinski definition) is 0. The molecule has 0 saturated heterocycles. The molecule has 0 amide bonds. The van der Waals surface area contributed by atoms with Crippen molar-refractivity contribution in [3.8, 4) is 22.6 Å². The van der Waals surface area contributed by atoms with Gasteiger partial charge < -0.3 is 9.47 Å². The van der Waals surface area contributed by atoms with Crippen LogP contribution in [0.4, 0.5) is 0 Å². The van der Waals surface area contributed by atoms with E-state index in [2.05, 4.69) is 0 Å². The van der Waals surface area contributed by atoms with Crippen LogP contribution in [0.3, 0.4) is 0 Å². The van der Waals surface area contributed by atoms with Crippen LogP contribution in [0.2, 0.25) is 0 Å². The number of carbonyl (C=O) groups is 1. The lowest BCUT2D eigenvalue weighted by Gasteiger charge is -2.11. The molecule has 0 aromatic heterocycles. The van der Waals surface area contributed by atoms with Gasteiger partial charge in [-0.05, 0) is 23.8 Å². The highest BCUT2D eigenvalue weighted by Gasteiger charge is 2.09. The van der Waals surface area contributed by atoms with Crippen LogP contribution in [0, 0.1) is 0 Å². The Balaban J connectivity index is 2.40. The van der Waals surface area contributed by atoms with Crippen LogP contribution in [0.5, 0.6) is 11.5 Å². The normalized spacial score (nSPS) is 10.0. The standard InChI is InChI=1S/C16H16O3/c1-3-16(17)19-13-9-10-15(18-2)14(11-13)12-7-5-4-6-8-12/h4-11H,3H2,1-2H3. The number of hydrogen-bond acceptors (Lipinski definition) is 3. The Morgan fingerprint density at radius 3 is 2.47 bits per heavy atom. The first-order valence-corrected chi connectivity index (χ1v) is 6.18. The summed E-state index contributed by atoms with van der Waals surface area (Å²) >= 11 is 0. The van der Waals surface area contributed by atoms with Crippen molar-refractivity contribution in [2.24, 2.45) is 0 Å². The van der Waals surface area contributed by atoms with Gasteiger partial charge in [0, 0.05) is 12.0 Å². The fraction of sp³-hybridized carbons (Fsp3) is 0.188. The van der Waals surface area contributed by atoms with Gasteiger partial charge in [0.25, 0.3) is 0 Å². The van der Waals surface area contributed by atoms with Gasteiger partial charge in [-0.1, -0.05) is 37.3 Å². The van der Waals surface area contributed by atoms with E-state index in [1.54, 1.807) is 26.2 Å². The van der Waals surface area contributed by atoms with Crippen LogP contribution in [0.15, 0.2) is 48.5 Å². The number of methoxy groups -OCH3 is 1. The van der Waals surface area contributed by atoms with Gasteiger partial charge in [-0.2, -0.15) is 0 Å². The quantitative estimate of drug-likeness (QED) is 0.618. The third kappa shape index (κ3) is 3.13. The molecule has 0 N–H and O–H groups in total. The van der Waals surface area contributed by atoms with Crippen molar-refractivity contribution in [1.29, 1.82) is 0 Å². The summed E-state index contributed by atoms with van der Waals surface area (Å²) in [5.74, 6) is 1.04.